The number of hydrogen-bond donors (Lipinski definition) is 0. The highest BCUT2D eigenvalue weighted by Crippen LogP contribution is 2.46. The van der Waals surface area contributed by atoms with E-state index in [1.54, 1.807) is 0 Å². The largest absolute Gasteiger partial charge is 0.455 e. The van der Waals surface area contributed by atoms with Gasteiger partial charge in [0.25, 0.3) is 0 Å². The summed E-state index contributed by atoms with van der Waals surface area (Å²) in [6, 6.07) is 79.3. The van der Waals surface area contributed by atoms with Gasteiger partial charge in [-0.3, -0.25) is 0 Å². The second kappa shape index (κ2) is 13.8. The van der Waals surface area contributed by atoms with Gasteiger partial charge in [-0.1, -0.05) is 140 Å². The first kappa shape index (κ1) is 34.9. The van der Waals surface area contributed by atoms with Crippen molar-refractivity contribution in [3.8, 4) is 27.9 Å². The predicted octanol–water partition coefficient (Wildman–Crippen LogP) is 17.0. The number of benzene rings is 10. The van der Waals surface area contributed by atoms with Crippen LogP contribution in [0.2, 0.25) is 0 Å². The number of nitrogens with zero attached hydrogens (tertiary/aromatic N) is 2. The molecule has 290 valence electrons. The van der Waals surface area contributed by atoms with E-state index in [4.69, 9.17) is 4.42 Å². The van der Waals surface area contributed by atoms with Gasteiger partial charge in [0.2, 0.25) is 0 Å². The van der Waals surface area contributed by atoms with Crippen molar-refractivity contribution in [3.63, 3.8) is 0 Å². The van der Waals surface area contributed by atoms with E-state index in [1.165, 1.54) is 63.9 Å². The Bertz CT molecular complexity index is 3850. The molecule has 0 unspecified atom stereocenters. The van der Waals surface area contributed by atoms with Crippen LogP contribution in [0.1, 0.15) is 0 Å². The molecule has 13 aromatic rings. The Kier molecular flexibility index (Phi) is 7.78. The number of hydrogen-bond acceptors (Lipinski definition) is 3. The van der Waals surface area contributed by atoms with Crippen molar-refractivity contribution in [1.82, 2.24) is 4.57 Å². The number of anilines is 3. The highest BCUT2D eigenvalue weighted by Gasteiger charge is 2.22. The first-order valence-corrected chi connectivity index (χ1v) is 21.9. The molecule has 0 fully saturated rings. The zero-order valence-electron chi connectivity index (χ0n) is 33.5. The van der Waals surface area contributed by atoms with E-state index in [2.05, 4.69) is 228 Å². The monoisotopic (exact) mass is 808 g/mol. The Labute approximate surface area is 361 Å². The van der Waals surface area contributed by atoms with Crippen molar-refractivity contribution >= 4 is 103 Å². The molecule has 3 heterocycles. The van der Waals surface area contributed by atoms with E-state index in [0.717, 1.165) is 55.8 Å². The van der Waals surface area contributed by atoms with E-state index >= 15 is 0 Å². The van der Waals surface area contributed by atoms with Crippen molar-refractivity contribution in [2.45, 2.75) is 0 Å². The van der Waals surface area contributed by atoms with Gasteiger partial charge in [-0.2, -0.15) is 0 Å². The maximum absolute atomic E-state index is 6.84. The van der Waals surface area contributed by atoms with Crippen molar-refractivity contribution in [3.05, 3.63) is 218 Å². The molecule has 13 rings (SSSR count). The van der Waals surface area contributed by atoms with E-state index in [9.17, 15) is 0 Å². The Morgan fingerprint density at radius 2 is 1.03 bits per heavy atom. The summed E-state index contributed by atoms with van der Waals surface area (Å²) in [5.41, 5.74) is 12.9. The number of para-hydroxylation sites is 3. The molecule has 0 aliphatic carbocycles. The van der Waals surface area contributed by atoms with Gasteiger partial charge in [0.15, 0.2) is 0 Å². The first-order valence-electron chi connectivity index (χ1n) is 21.1. The van der Waals surface area contributed by atoms with Gasteiger partial charge in [0, 0.05) is 69.7 Å². The van der Waals surface area contributed by atoms with Crippen molar-refractivity contribution < 1.29 is 4.42 Å². The summed E-state index contributed by atoms with van der Waals surface area (Å²) >= 11 is 1.85. The third-order valence-corrected chi connectivity index (χ3v) is 13.7. The highest BCUT2D eigenvalue weighted by atomic mass is 32.1. The van der Waals surface area contributed by atoms with Crippen molar-refractivity contribution in [2.75, 3.05) is 4.90 Å². The summed E-state index contributed by atoms with van der Waals surface area (Å²) < 4.78 is 11.8. The molecule has 0 atom stereocenters. The van der Waals surface area contributed by atoms with Crippen molar-refractivity contribution in [2.24, 2.45) is 0 Å². The van der Waals surface area contributed by atoms with E-state index in [0.29, 0.717) is 0 Å². The molecule has 10 aromatic carbocycles. The second-order valence-electron chi connectivity index (χ2n) is 16.1. The summed E-state index contributed by atoms with van der Waals surface area (Å²) in [7, 11) is 0. The lowest BCUT2D eigenvalue weighted by Crippen LogP contribution is -2.11. The van der Waals surface area contributed by atoms with Gasteiger partial charge >= 0.3 is 0 Å². The molecule has 0 radical (unpaired) electrons. The molecule has 0 saturated carbocycles. The van der Waals surface area contributed by atoms with Gasteiger partial charge < -0.3 is 13.9 Å². The summed E-state index contributed by atoms with van der Waals surface area (Å²) in [5, 5.41) is 9.62. The molecule has 0 saturated heterocycles. The van der Waals surface area contributed by atoms with Crippen LogP contribution in [0.4, 0.5) is 17.1 Å². The number of furan rings is 1. The highest BCUT2D eigenvalue weighted by molar-refractivity contribution is 7.25. The fourth-order valence-corrected chi connectivity index (χ4v) is 10.8. The quantitative estimate of drug-likeness (QED) is 0.167. The summed E-state index contributed by atoms with van der Waals surface area (Å²) in [6.45, 7) is 0. The van der Waals surface area contributed by atoms with Crippen LogP contribution in [0.15, 0.2) is 223 Å². The van der Waals surface area contributed by atoms with E-state index in [1.807, 2.05) is 11.3 Å². The fourth-order valence-electron chi connectivity index (χ4n) is 9.73. The molecule has 3 aromatic heterocycles. The Morgan fingerprint density at radius 1 is 0.387 bits per heavy atom. The molecular formula is C58H36N2OS. The Hall–Kier alpha value is -7.92. The zero-order valence-corrected chi connectivity index (χ0v) is 34.3. The Morgan fingerprint density at radius 3 is 1.89 bits per heavy atom. The molecule has 0 aliphatic rings. The predicted molar refractivity (Wildman–Crippen MR) is 264 cm³/mol. The minimum absolute atomic E-state index is 0.870. The summed E-state index contributed by atoms with van der Waals surface area (Å²) in [5.74, 6) is 0. The molecular weight excluding hydrogens is 773 g/mol. The minimum atomic E-state index is 0.870. The summed E-state index contributed by atoms with van der Waals surface area (Å²) in [6.07, 6.45) is 0. The van der Waals surface area contributed by atoms with Crippen LogP contribution in [0.3, 0.4) is 0 Å². The summed E-state index contributed by atoms with van der Waals surface area (Å²) in [4.78, 5) is 2.44. The van der Waals surface area contributed by atoms with Crippen LogP contribution >= 0.6 is 11.3 Å². The molecule has 4 heteroatoms. The second-order valence-corrected chi connectivity index (χ2v) is 17.2. The average Bonchev–Trinajstić information content (AvgIpc) is 4.01. The van der Waals surface area contributed by atoms with Crippen LogP contribution in [0.5, 0.6) is 0 Å². The topological polar surface area (TPSA) is 21.3 Å². The molecule has 0 bridgehead atoms. The smallest absolute Gasteiger partial charge is 0.143 e. The van der Waals surface area contributed by atoms with Gasteiger partial charge in [-0.15, -0.1) is 11.3 Å². The fraction of sp³-hybridized carbons (Fsp3) is 0. The van der Waals surface area contributed by atoms with Crippen LogP contribution in [0.25, 0.3) is 103 Å². The lowest BCUT2D eigenvalue weighted by atomic mass is 9.98. The SMILES string of the molecule is c1cc(-c2ccc3sc4ccccc4c3c2)cc(N(c2cc(-c3cccc(-n4c5ccccc5c5ccccc54)c3)c3oc4ccccc4c3c2)c2cccc3ccccc23)c1. The number of thiophene rings is 1. The molecule has 0 N–H and O–H groups in total. The van der Waals surface area contributed by atoms with Crippen LogP contribution in [-0.2, 0) is 0 Å². The molecule has 0 spiro atoms. The first-order chi connectivity index (χ1) is 30.7. The van der Waals surface area contributed by atoms with Crippen molar-refractivity contribution in [1.29, 1.82) is 0 Å². The number of fused-ring (bicyclic) bond motifs is 10. The standard InChI is InChI=1S/C58H36N2OS/c1-2-20-44-37(14-1)15-13-27-52(44)59(41-18-11-16-38(32-41)39-30-31-57-50(34-39)48-24-6-10-29-56(48)62-57)43-35-49(58-51(36-43)47-23-5-9-28-55(47)61-58)40-17-12-19-42(33-40)60-53-25-7-3-21-45(53)46-22-4-8-26-54(46)60/h1-36H. The van der Waals surface area contributed by atoms with E-state index in [-0.39, 0.29) is 0 Å². The number of aromatic nitrogens is 1. The molecule has 62 heavy (non-hydrogen) atoms. The Balaban J connectivity index is 1.05. The van der Waals surface area contributed by atoms with Crippen LogP contribution < -0.4 is 4.90 Å². The number of rotatable bonds is 6. The van der Waals surface area contributed by atoms with E-state index < -0.39 is 0 Å². The molecule has 3 nitrogen and oxygen atoms in total. The van der Waals surface area contributed by atoms with Gasteiger partial charge in [0.1, 0.15) is 11.2 Å². The normalized spacial score (nSPS) is 11.9. The molecule has 0 aliphatic heterocycles. The van der Waals surface area contributed by atoms with Crippen LogP contribution in [0, 0.1) is 0 Å². The third kappa shape index (κ3) is 5.44. The molecule has 0 amide bonds. The maximum atomic E-state index is 6.84. The van der Waals surface area contributed by atoms with Gasteiger partial charge in [-0.25, -0.2) is 0 Å². The lowest BCUT2D eigenvalue weighted by molar-refractivity contribution is 0.670. The third-order valence-electron chi connectivity index (χ3n) is 12.5. The average molecular weight is 809 g/mol. The maximum Gasteiger partial charge on any atom is 0.143 e. The minimum Gasteiger partial charge on any atom is -0.455 e. The van der Waals surface area contributed by atoms with Crippen LogP contribution in [-0.4, -0.2) is 4.57 Å². The lowest BCUT2D eigenvalue weighted by Gasteiger charge is -2.28. The zero-order chi connectivity index (χ0) is 40.7. The van der Waals surface area contributed by atoms with Gasteiger partial charge in [-0.05, 0) is 101 Å². The van der Waals surface area contributed by atoms with Gasteiger partial charge in [0.05, 0.1) is 16.7 Å².